The second-order valence-corrected chi connectivity index (χ2v) is 5.50. The predicted octanol–water partition coefficient (Wildman–Crippen LogP) is 0.327. The number of hydrogen-bond acceptors (Lipinski definition) is 4. The highest BCUT2D eigenvalue weighted by Gasteiger charge is 2.23. The lowest BCUT2D eigenvalue weighted by molar-refractivity contribution is 0.603. The lowest BCUT2D eigenvalue weighted by atomic mass is 10.3. The molecule has 1 rings (SSSR count). The summed E-state index contributed by atoms with van der Waals surface area (Å²) in [6.07, 6.45) is 0.561. The van der Waals surface area contributed by atoms with Crippen LogP contribution >= 0.6 is 0 Å². The Morgan fingerprint density at radius 1 is 1.69 bits per heavy atom. The van der Waals surface area contributed by atoms with E-state index < -0.39 is 9.84 Å². The van der Waals surface area contributed by atoms with Crippen LogP contribution in [0.15, 0.2) is 17.3 Å². The molecular formula is C8H14N2O2S. The van der Waals surface area contributed by atoms with Crippen LogP contribution < -0.4 is 5.43 Å². The van der Waals surface area contributed by atoms with Crippen molar-refractivity contribution in [2.45, 2.75) is 13.3 Å². The second kappa shape index (κ2) is 3.91. The first-order chi connectivity index (χ1) is 5.99. The number of nitrogens with one attached hydrogen (secondary N) is 1. The van der Waals surface area contributed by atoms with Crippen LogP contribution in [0.3, 0.4) is 0 Å². The zero-order valence-electron chi connectivity index (χ0n) is 7.71. The first-order valence-electron chi connectivity index (χ1n) is 4.13. The first-order valence-corrected chi connectivity index (χ1v) is 5.95. The average molecular weight is 202 g/mol. The molecule has 1 aliphatic heterocycles. The molecule has 1 fully saturated rings. The van der Waals surface area contributed by atoms with E-state index in [9.17, 15) is 8.42 Å². The van der Waals surface area contributed by atoms with E-state index in [-0.39, 0.29) is 11.5 Å². The highest BCUT2D eigenvalue weighted by atomic mass is 32.2. The third kappa shape index (κ3) is 3.59. The van der Waals surface area contributed by atoms with Crippen molar-refractivity contribution in [1.29, 1.82) is 0 Å². The van der Waals surface area contributed by atoms with Crippen molar-refractivity contribution >= 4 is 15.5 Å². The van der Waals surface area contributed by atoms with E-state index in [4.69, 9.17) is 0 Å². The molecule has 1 saturated heterocycles. The van der Waals surface area contributed by atoms with Crippen LogP contribution in [0.1, 0.15) is 13.3 Å². The highest BCUT2D eigenvalue weighted by molar-refractivity contribution is 7.92. The Balaban J connectivity index is 2.42. The van der Waals surface area contributed by atoms with Gasteiger partial charge in [-0.05, 0) is 6.92 Å². The molecule has 1 heterocycles. The molecule has 74 valence electrons. The fraction of sp³-hybridized carbons (Fsp3) is 0.625. The van der Waals surface area contributed by atoms with E-state index in [1.165, 1.54) is 0 Å². The van der Waals surface area contributed by atoms with Crippen molar-refractivity contribution < 1.29 is 8.42 Å². The van der Waals surface area contributed by atoms with Gasteiger partial charge in [0.05, 0.1) is 23.8 Å². The Labute approximate surface area is 78.6 Å². The molecule has 0 aromatic rings. The Bertz CT molecular complexity index is 330. The zero-order valence-corrected chi connectivity index (χ0v) is 8.52. The lowest BCUT2D eigenvalue weighted by Crippen LogP contribution is -2.13. The second-order valence-electron chi connectivity index (χ2n) is 3.31. The molecule has 0 aromatic carbocycles. The topological polar surface area (TPSA) is 58.5 Å². The maximum Gasteiger partial charge on any atom is 0.156 e. The molecule has 13 heavy (non-hydrogen) atoms. The third-order valence-corrected chi connectivity index (χ3v) is 3.31. The van der Waals surface area contributed by atoms with Crippen LogP contribution in [0.25, 0.3) is 0 Å². The molecule has 1 aliphatic rings. The number of hydrazone groups is 1. The van der Waals surface area contributed by atoms with Crippen molar-refractivity contribution in [3.8, 4) is 0 Å². The average Bonchev–Trinajstić information content (AvgIpc) is 2.29. The molecule has 0 aromatic heterocycles. The predicted molar refractivity (Wildman–Crippen MR) is 53.5 cm³/mol. The summed E-state index contributed by atoms with van der Waals surface area (Å²) in [4.78, 5) is 0. The van der Waals surface area contributed by atoms with Crippen molar-refractivity contribution in [3.05, 3.63) is 12.2 Å². The molecular weight excluding hydrogens is 188 g/mol. The monoisotopic (exact) mass is 202 g/mol. The molecule has 0 spiro atoms. The Hall–Kier alpha value is -0.840. The van der Waals surface area contributed by atoms with E-state index >= 15 is 0 Å². The largest absolute Gasteiger partial charge is 0.306 e. The van der Waals surface area contributed by atoms with Gasteiger partial charge in [0, 0.05) is 6.42 Å². The van der Waals surface area contributed by atoms with Crippen LogP contribution in [0.5, 0.6) is 0 Å². The summed E-state index contributed by atoms with van der Waals surface area (Å²) in [6, 6.07) is 0. The zero-order chi connectivity index (χ0) is 9.90. The minimum absolute atomic E-state index is 0.107. The van der Waals surface area contributed by atoms with Gasteiger partial charge in [0.25, 0.3) is 0 Å². The molecule has 0 aliphatic carbocycles. The summed E-state index contributed by atoms with van der Waals surface area (Å²) in [5.41, 5.74) is 4.49. The smallest absolute Gasteiger partial charge is 0.156 e. The molecule has 0 amide bonds. The van der Waals surface area contributed by atoms with E-state index in [0.29, 0.717) is 13.0 Å². The summed E-state index contributed by atoms with van der Waals surface area (Å²) in [6.45, 7) is 6.19. The molecule has 0 atom stereocenters. The number of sulfone groups is 1. The van der Waals surface area contributed by atoms with Crippen molar-refractivity contribution in [2.75, 3.05) is 18.1 Å². The number of nitrogens with zero attached hydrogens (tertiary/aromatic N) is 1. The number of hydrogen-bond donors (Lipinski definition) is 1. The van der Waals surface area contributed by atoms with Crippen LogP contribution in [-0.2, 0) is 9.84 Å². The first kappa shape index (κ1) is 10.2. The van der Waals surface area contributed by atoms with Gasteiger partial charge in [-0.1, -0.05) is 12.2 Å². The van der Waals surface area contributed by atoms with E-state index in [1.807, 2.05) is 6.92 Å². The van der Waals surface area contributed by atoms with Gasteiger partial charge >= 0.3 is 0 Å². The van der Waals surface area contributed by atoms with Gasteiger partial charge in [-0.25, -0.2) is 8.42 Å². The molecule has 1 N–H and O–H groups in total. The van der Waals surface area contributed by atoms with Crippen molar-refractivity contribution in [1.82, 2.24) is 5.43 Å². The standard InChI is InChI=1S/C8H14N2O2S/c1-7(2)5-9-10-8-3-4-13(11,12)6-8/h9H,1,3-6H2,2H3/b10-8+. The maximum absolute atomic E-state index is 11.0. The minimum atomic E-state index is -2.84. The minimum Gasteiger partial charge on any atom is -0.306 e. The lowest BCUT2D eigenvalue weighted by Gasteiger charge is -1.99. The van der Waals surface area contributed by atoms with Gasteiger partial charge in [0.15, 0.2) is 9.84 Å². The summed E-state index contributed by atoms with van der Waals surface area (Å²) in [7, 11) is -2.84. The summed E-state index contributed by atoms with van der Waals surface area (Å²) in [5.74, 6) is 0.344. The van der Waals surface area contributed by atoms with Gasteiger partial charge in [-0.3, -0.25) is 0 Å². The third-order valence-electron chi connectivity index (χ3n) is 1.71. The molecule has 0 saturated carbocycles. The molecule has 0 radical (unpaired) electrons. The summed E-state index contributed by atoms with van der Waals surface area (Å²) < 4.78 is 22.0. The maximum atomic E-state index is 11.0. The molecule has 5 heteroatoms. The van der Waals surface area contributed by atoms with E-state index in [1.54, 1.807) is 0 Å². The number of rotatable bonds is 3. The van der Waals surface area contributed by atoms with Crippen molar-refractivity contribution in [3.63, 3.8) is 0 Å². The Morgan fingerprint density at radius 3 is 2.85 bits per heavy atom. The highest BCUT2D eigenvalue weighted by Crippen LogP contribution is 2.07. The van der Waals surface area contributed by atoms with Crippen molar-refractivity contribution in [2.24, 2.45) is 5.10 Å². The Morgan fingerprint density at radius 2 is 2.38 bits per heavy atom. The van der Waals surface area contributed by atoms with E-state index in [2.05, 4.69) is 17.1 Å². The normalized spacial score (nSPS) is 23.3. The van der Waals surface area contributed by atoms with Crippen LogP contribution in [-0.4, -0.2) is 32.2 Å². The summed E-state index contributed by atoms with van der Waals surface area (Å²) in [5, 5.41) is 3.99. The fourth-order valence-electron chi connectivity index (χ4n) is 1.05. The van der Waals surface area contributed by atoms with E-state index in [0.717, 1.165) is 11.3 Å². The fourth-order valence-corrected chi connectivity index (χ4v) is 2.45. The van der Waals surface area contributed by atoms with Gasteiger partial charge < -0.3 is 5.43 Å². The van der Waals surface area contributed by atoms with Crippen LogP contribution in [0.4, 0.5) is 0 Å². The molecule has 0 unspecified atom stereocenters. The van der Waals surface area contributed by atoms with Gasteiger partial charge in [-0.2, -0.15) is 5.10 Å². The van der Waals surface area contributed by atoms with Gasteiger partial charge in [0.1, 0.15) is 0 Å². The molecule has 0 bridgehead atoms. The summed E-state index contributed by atoms with van der Waals surface area (Å²) >= 11 is 0. The van der Waals surface area contributed by atoms with Gasteiger partial charge in [-0.15, -0.1) is 0 Å². The molecule has 4 nitrogen and oxygen atoms in total. The van der Waals surface area contributed by atoms with Gasteiger partial charge in [0.2, 0.25) is 0 Å². The quantitative estimate of drug-likeness (QED) is 0.530. The SMILES string of the molecule is C=C(C)CN/N=C1\CCS(=O)(=O)C1. The van der Waals surface area contributed by atoms with Crippen LogP contribution in [0, 0.1) is 0 Å². The Kier molecular flexibility index (Phi) is 3.08. The van der Waals surface area contributed by atoms with Crippen LogP contribution in [0.2, 0.25) is 0 Å².